The lowest BCUT2D eigenvalue weighted by Crippen LogP contribution is -2.59. The molecule has 3 rings (SSSR count). The third-order valence-corrected chi connectivity index (χ3v) is 5.15. The van der Waals surface area contributed by atoms with E-state index < -0.39 is 12.1 Å². The van der Waals surface area contributed by atoms with Crippen LogP contribution in [0.4, 0.5) is 4.79 Å². The molecule has 1 N–H and O–H groups in total. The highest BCUT2D eigenvalue weighted by atomic mass is 16.6. The summed E-state index contributed by atoms with van der Waals surface area (Å²) in [5, 5.41) is 2.83. The van der Waals surface area contributed by atoms with Crippen molar-refractivity contribution >= 4 is 17.9 Å². The molecule has 0 bridgehead atoms. The number of fused-ring (bicyclic) bond motifs is 1. The number of hydrogen-bond acceptors (Lipinski definition) is 6. The van der Waals surface area contributed by atoms with Crippen molar-refractivity contribution in [3.8, 4) is 11.5 Å². The van der Waals surface area contributed by atoms with Crippen molar-refractivity contribution in [1.82, 2.24) is 15.1 Å². The lowest BCUT2D eigenvalue weighted by molar-refractivity contribution is -0.141. The number of ether oxygens (including phenoxy) is 3. The summed E-state index contributed by atoms with van der Waals surface area (Å²) >= 11 is 0. The van der Waals surface area contributed by atoms with Crippen LogP contribution in [0.3, 0.4) is 0 Å². The van der Waals surface area contributed by atoms with Crippen LogP contribution in [0.5, 0.6) is 11.5 Å². The van der Waals surface area contributed by atoms with E-state index in [1.807, 2.05) is 19.9 Å². The fraction of sp³-hybridized carbons (Fsp3) is 0.571. The van der Waals surface area contributed by atoms with Crippen molar-refractivity contribution < 1.29 is 28.6 Å². The number of hydrogen-bond donors (Lipinski definition) is 1. The quantitative estimate of drug-likeness (QED) is 0.772. The average Bonchev–Trinajstić information content (AvgIpc) is 2.76. The van der Waals surface area contributed by atoms with Crippen LogP contribution in [-0.4, -0.2) is 79.2 Å². The molecular formula is C21H29N3O6. The lowest BCUT2D eigenvalue weighted by atomic mass is 10.0. The van der Waals surface area contributed by atoms with Crippen LogP contribution in [-0.2, 0) is 14.3 Å². The Bertz CT molecular complexity index is 776. The smallest absolute Gasteiger partial charge is 0.409 e. The second-order valence-electron chi connectivity index (χ2n) is 7.61. The van der Waals surface area contributed by atoms with Crippen molar-refractivity contribution in [1.29, 1.82) is 0 Å². The van der Waals surface area contributed by atoms with Crippen LogP contribution in [0, 0.1) is 5.92 Å². The number of amides is 3. The van der Waals surface area contributed by atoms with Gasteiger partial charge in [-0.1, -0.05) is 26.0 Å². The predicted octanol–water partition coefficient (Wildman–Crippen LogP) is 1.27. The molecule has 9 nitrogen and oxygen atoms in total. The topological polar surface area (TPSA) is 97.4 Å². The number of para-hydroxylation sites is 2. The highest BCUT2D eigenvalue weighted by molar-refractivity contribution is 5.90. The number of carbonyl (C=O) groups is 3. The summed E-state index contributed by atoms with van der Waals surface area (Å²) in [6.07, 6.45) is -1.19. The molecular weight excluding hydrogens is 390 g/mol. The number of benzene rings is 1. The fourth-order valence-corrected chi connectivity index (χ4v) is 3.43. The molecule has 2 aliphatic heterocycles. The summed E-state index contributed by atoms with van der Waals surface area (Å²) in [6.45, 7) is 7.51. The molecule has 0 spiro atoms. The van der Waals surface area contributed by atoms with Gasteiger partial charge in [0.1, 0.15) is 12.6 Å². The van der Waals surface area contributed by atoms with E-state index in [0.717, 1.165) is 0 Å². The number of piperazine rings is 1. The minimum atomic E-state index is -0.824. The Morgan fingerprint density at radius 1 is 1.10 bits per heavy atom. The molecule has 1 aromatic rings. The van der Waals surface area contributed by atoms with E-state index in [1.54, 1.807) is 34.9 Å². The van der Waals surface area contributed by atoms with Gasteiger partial charge in [0.05, 0.1) is 6.61 Å². The van der Waals surface area contributed by atoms with E-state index in [9.17, 15) is 14.4 Å². The predicted molar refractivity (Wildman–Crippen MR) is 108 cm³/mol. The Morgan fingerprint density at radius 3 is 2.37 bits per heavy atom. The van der Waals surface area contributed by atoms with Gasteiger partial charge in [0.25, 0.3) is 5.91 Å². The molecule has 1 fully saturated rings. The summed E-state index contributed by atoms with van der Waals surface area (Å²) in [7, 11) is 0. The van der Waals surface area contributed by atoms with Crippen molar-refractivity contribution in [2.75, 3.05) is 39.4 Å². The molecule has 0 radical (unpaired) electrons. The second-order valence-corrected chi connectivity index (χ2v) is 7.61. The molecule has 30 heavy (non-hydrogen) atoms. The van der Waals surface area contributed by atoms with Crippen LogP contribution in [0.15, 0.2) is 24.3 Å². The summed E-state index contributed by atoms with van der Waals surface area (Å²) in [6, 6.07) is 6.46. The minimum absolute atomic E-state index is 0.0834. The Hall–Kier alpha value is -2.97. The van der Waals surface area contributed by atoms with Crippen LogP contribution in [0.1, 0.15) is 20.8 Å². The van der Waals surface area contributed by atoms with Gasteiger partial charge in [-0.25, -0.2) is 4.79 Å². The Morgan fingerprint density at radius 2 is 1.73 bits per heavy atom. The first-order chi connectivity index (χ1) is 14.4. The molecule has 1 unspecified atom stereocenters. The molecule has 3 amide bonds. The van der Waals surface area contributed by atoms with Gasteiger partial charge in [-0.3, -0.25) is 9.59 Å². The van der Waals surface area contributed by atoms with Gasteiger partial charge in [-0.05, 0) is 25.0 Å². The van der Waals surface area contributed by atoms with Gasteiger partial charge in [0, 0.05) is 26.2 Å². The van der Waals surface area contributed by atoms with Crippen molar-refractivity contribution in [2.45, 2.75) is 32.9 Å². The van der Waals surface area contributed by atoms with Crippen molar-refractivity contribution in [3.63, 3.8) is 0 Å². The van der Waals surface area contributed by atoms with Gasteiger partial charge >= 0.3 is 6.09 Å². The monoisotopic (exact) mass is 419 g/mol. The third kappa shape index (κ3) is 4.95. The third-order valence-electron chi connectivity index (χ3n) is 5.15. The van der Waals surface area contributed by atoms with Crippen LogP contribution < -0.4 is 14.8 Å². The SMILES string of the molecule is CCOC(=O)N1CCN(C(=O)[C@H](NC(=O)C2COc3ccccc3O2)C(C)C)CC1. The van der Waals surface area contributed by atoms with E-state index >= 15 is 0 Å². The molecule has 1 saturated heterocycles. The largest absolute Gasteiger partial charge is 0.485 e. The standard InChI is InChI=1S/C21H29N3O6/c1-4-28-21(27)24-11-9-23(10-12-24)20(26)18(14(2)3)22-19(25)17-13-29-15-7-5-6-8-16(15)30-17/h5-8,14,17-18H,4,9-13H2,1-3H3,(H,22,25)/t17?,18-/m1/s1. The highest BCUT2D eigenvalue weighted by Crippen LogP contribution is 2.31. The number of nitrogens with zero attached hydrogens (tertiary/aromatic N) is 2. The van der Waals surface area contributed by atoms with E-state index in [4.69, 9.17) is 14.2 Å². The first-order valence-electron chi connectivity index (χ1n) is 10.3. The summed E-state index contributed by atoms with van der Waals surface area (Å²) in [5.74, 6) is 0.436. The van der Waals surface area contributed by atoms with Gasteiger partial charge in [0.2, 0.25) is 12.0 Å². The fourth-order valence-electron chi connectivity index (χ4n) is 3.43. The molecule has 2 aliphatic rings. The average molecular weight is 419 g/mol. The molecule has 2 atom stereocenters. The maximum Gasteiger partial charge on any atom is 0.409 e. The molecule has 164 valence electrons. The van der Waals surface area contributed by atoms with E-state index in [1.165, 1.54) is 0 Å². The van der Waals surface area contributed by atoms with Crippen LogP contribution in [0.2, 0.25) is 0 Å². The molecule has 0 aromatic heterocycles. The lowest BCUT2D eigenvalue weighted by Gasteiger charge is -2.37. The van der Waals surface area contributed by atoms with Gasteiger partial charge in [-0.15, -0.1) is 0 Å². The Labute approximate surface area is 176 Å². The Balaban J connectivity index is 1.57. The maximum absolute atomic E-state index is 13.1. The van der Waals surface area contributed by atoms with E-state index in [-0.39, 0.29) is 30.4 Å². The summed E-state index contributed by atoms with van der Waals surface area (Å²) in [5.41, 5.74) is 0. The highest BCUT2D eigenvalue weighted by Gasteiger charge is 2.35. The first kappa shape index (κ1) is 21.7. The van der Waals surface area contributed by atoms with E-state index in [0.29, 0.717) is 44.3 Å². The van der Waals surface area contributed by atoms with Crippen LogP contribution >= 0.6 is 0 Å². The first-order valence-corrected chi connectivity index (χ1v) is 10.3. The normalized spacial score (nSPS) is 19.3. The van der Waals surface area contributed by atoms with Gasteiger partial charge in [0.15, 0.2) is 11.5 Å². The number of nitrogens with one attached hydrogen (secondary N) is 1. The zero-order valence-electron chi connectivity index (χ0n) is 17.6. The number of carbonyl (C=O) groups excluding carboxylic acids is 3. The summed E-state index contributed by atoms with van der Waals surface area (Å²) in [4.78, 5) is 40.9. The minimum Gasteiger partial charge on any atom is -0.485 e. The van der Waals surface area contributed by atoms with Gasteiger partial charge in [-0.2, -0.15) is 0 Å². The van der Waals surface area contributed by atoms with E-state index in [2.05, 4.69) is 5.32 Å². The molecule has 1 aromatic carbocycles. The van der Waals surface area contributed by atoms with Gasteiger partial charge < -0.3 is 29.3 Å². The van der Waals surface area contributed by atoms with Crippen molar-refractivity contribution in [3.05, 3.63) is 24.3 Å². The van der Waals surface area contributed by atoms with Crippen molar-refractivity contribution in [2.24, 2.45) is 5.92 Å². The Kier molecular flexibility index (Phi) is 7.02. The van der Waals surface area contributed by atoms with Crippen LogP contribution in [0.25, 0.3) is 0 Å². The molecule has 2 heterocycles. The maximum atomic E-state index is 13.1. The zero-order chi connectivity index (χ0) is 21.7. The molecule has 0 aliphatic carbocycles. The molecule has 0 saturated carbocycles. The second kappa shape index (κ2) is 9.69. The summed E-state index contributed by atoms with van der Waals surface area (Å²) < 4.78 is 16.4. The zero-order valence-corrected chi connectivity index (χ0v) is 17.6. The molecule has 9 heteroatoms. The number of rotatable bonds is 5.